The van der Waals surface area contributed by atoms with E-state index >= 15 is 0 Å². The Morgan fingerprint density at radius 3 is 0.877 bits per heavy atom. The average Bonchev–Trinajstić information content (AvgIpc) is 0.873. The molecule has 10 unspecified atom stereocenters. The molecule has 12 atom stereocenters. The molecule has 7 heterocycles. The number of hydrogen-bond acceptors (Lipinski definition) is 7. The molecular weight excluding hydrogens is 2180 g/mol. The van der Waals surface area contributed by atoms with Gasteiger partial charge in [0.15, 0.2) is 0 Å². The molecule has 2 saturated carbocycles. The van der Waals surface area contributed by atoms with E-state index in [0.29, 0.717) is 73.4 Å². The van der Waals surface area contributed by atoms with Crippen molar-refractivity contribution in [1.82, 2.24) is 14.7 Å². The van der Waals surface area contributed by atoms with Gasteiger partial charge in [0.05, 0.1) is 13.0 Å². The molecule has 0 amide bonds. The SMILES string of the molecule is CC1=NC(C)C[N-]C(C)(C)CC(C)=NC(C)C[N-]C(C)(C)C1.CC1CC(C)(C)[N-]CC[N-]C(C)CC(C)(C)[N-]CC[N-]1.CC1CC[N-]C2CCCCC2[N-]C(C)CC[N-]C2CCCCC2[N-]1.CCOC(=O)CCN1CC[N-]CC[N-]CC[N-]CC1.C[C@H]1CC(C)(C)[N-]CC[N-][C@@H](C)CC(C)(C)[N-]CC[N-]1.[Cu+2].[Cu].[Cu].[Cu].[Cu].[Cu].[Cu].c1cc(CN2CC[N-]CCC[N-]CC[N-]CC2)ccc1CN1CC[N-]CCC[N-]CC[N-]CC1. The van der Waals surface area contributed by atoms with E-state index in [1.165, 1.54) is 73.9 Å². The molecule has 10 rings (SSSR count). The molecule has 8 fully saturated rings. The van der Waals surface area contributed by atoms with Crippen LogP contribution in [0.25, 0.3) is 122 Å². The summed E-state index contributed by atoms with van der Waals surface area (Å²) in [5.41, 5.74) is 4.91. The molecule has 0 spiro atoms. The smallest absolute Gasteiger partial charge is 0.665 e. The summed E-state index contributed by atoms with van der Waals surface area (Å²) in [7, 11) is 0. The normalized spacial score (nSPS) is 28.8. The summed E-state index contributed by atoms with van der Waals surface area (Å²) in [6.45, 7) is 84.3. The summed E-state index contributed by atoms with van der Waals surface area (Å²) in [5, 5.41) is 109. The van der Waals surface area contributed by atoms with Crippen molar-refractivity contribution >= 4 is 17.4 Å². The number of carbonyl (C=O) groups is 1. The van der Waals surface area contributed by atoms with Gasteiger partial charge in [-0.3, -0.25) is 14.8 Å². The average molecular weight is 2380 g/mol. The Kier molecular flexibility index (Phi) is 91.3. The van der Waals surface area contributed by atoms with Crippen LogP contribution >= 0.6 is 0 Å². The molecule has 889 valence electrons. The molecule has 146 heavy (non-hydrogen) atoms. The third-order valence-corrected chi connectivity index (χ3v) is 26.6. The van der Waals surface area contributed by atoms with Crippen LogP contribution in [0.1, 0.15) is 292 Å². The Morgan fingerprint density at radius 1 is 0.315 bits per heavy atom. The number of aliphatic imine (C=N–C) groups is 2. The first-order valence-electron chi connectivity index (χ1n) is 55.0. The van der Waals surface area contributed by atoms with Crippen molar-refractivity contribution in [2.24, 2.45) is 9.98 Å². The van der Waals surface area contributed by atoms with E-state index in [4.69, 9.17) is 99.8 Å². The van der Waals surface area contributed by atoms with Gasteiger partial charge < -0.3 is 142 Å². The van der Waals surface area contributed by atoms with Crippen molar-refractivity contribution in [2.75, 3.05) is 249 Å². The van der Waals surface area contributed by atoms with E-state index in [0.717, 1.165) is 319 Å². The van der Waals surface area contributed by atoms with Crippen LogP contribution in [0.15, 0.2) is 34.3 Å². The first kappa shape index (κ1) is 151. The minimum absolute atomic E-state index is 0. The van der Waals surface area contributed by atoms with E-state index in [1.807, 2.05) is 6.92 Å². The Balaban J connectivity index is -0.00000169. The quantitative estimate of drug-likeness (QED) is 0.180. The van der Waals surface area contributed by atoms with Crippen LogP contribution in [-0.4, -0.2) is 387 Å². The second-order valence-corrected chi connectivity index (χ2v) is 44.4. The van der Waals surface area contributed by atoms with Gasteiger partial charge in [0.2, 0.25) is 0 Å². The fraction of sp³-hybridized carbons (Fsp3) is 0.917. The van der Waals surface area contributed by atoms with Crippen LogP contribution < -0.4 is 0 Å². The zero-order valence-electron chi connectivity index (χ0n) is 94.9. The molecule has 0 bridgehead atoms. The number of hydrogen-bond donors (Lipinski definition) is 0. The Morgan fingerprint density at radius 2 is 0.582 bits per heavy atom. The fourth-order valence-electron chi connectivity index (χ4n) is 19.7. The zero-order chi connectivity index (χ0) is 101. The van der Waals surface area contributed by atoms with Crippen molar-refractivity contribution in [3.63, 3.8) is 0 Å². The van der Waals surface area contributed by atoms with Gasteiger partial charge in [-0.05, 0) is 97.9 Å². The Hall–Kier alpha value is 0.626. The number of nitrogens with zero attached hydrogens (tertiary/aromatic N) is 28. The van der Waals surface area contributed by atoms with Crippen LogP contribution in [0.2, 0.25) is 0 Å². The molecule has 0 aromatic heterocycles. The van der Waals surface area contributed by atoms with Crippen molar-refractivity contribution in [3.05, 3.63) is 158 Å². The van der Waals surface area contributed by atoms with Crippen molar-refractivity contribution in [3.8, 4) is 0 Å². The van der Waals surface area contributed by atoms with Gasteiger partial charge in [0.25, 0.3) is 0 Å². The Labute approximate surface area is 969 Å². The summed E-state index contributed by atoms with van der Waals surface area (Å²) in [6, 6.07) is 13.8. The summed E-state index contributed by atoms with van der Waals surface area (Å²) in [6.07, 6.45) is 20.9. The van der Waals surface area contributed by atoms with Gasteiger partial charge >= 0.3 is 23.0 Å². The second kappa shape index (κ2) is 88.4. The van der Waals surface area contributed by atoms with Gasteiger partial charge in [-0.1, -0.05) is 252 Å². The van der Waals surface area contributed by atoms with Gasteiger partial charge in [-0.2, -0.15) is 168 Å². The van der Waals surface area contributed by atoms with E-state index in [1.54, 1.807) is 0 Å². The van der Waals surface area contributed by atoms with Crippen molar-refractivity contribution in [1.29, 1.82) is 0 Å². The summed E-state index contributed by atoms with van der Waals surface area (Å²) in [5.74, 6) is -0.124. The molecule has 30 nitrogen and oxygen atoms in total. The maximum atomic E-state index is 11.4. The van der Waals surface area contributed by atoms with Gasteiger partial charge in [0.1, 0.15) is 0 Å². The number of esters is 1. The number of ether oxygens (including phenoxy) is 1. The third kappa shape index (κ3) is 78.8. The van der Waals surface area contributed by atoms with E-state index in [-0.39, 0.29) is 171 Å². The fourth-order valence-corrected chi connectivity index (χ4v) is 19.7. The molecule has 7 aliphatic heterocycles. The van der Waals surface area contributed by atoms with Crippen LogP contribution in [0, 0.1) is 0 Å². The molecule has 1 aromatic rings. The number of benzene rings is 1. The molecule has 6 saturated heterocycles. The van der Waals surface area contributed by atoms with Crippen LogP contribution in [0.5, 0.6) is 0 Å². The maximum Gasteiger partial charge on any atom is 2.00 e. The van der Waals surface area contributed by atoms with Crippen LogP contribution in [0.3, 0.4) is 0 Å². The van der Waals surface area contributed by atoms with Crippen molar-refractivity contribution < 1.29 is 129 Å². The zero-order valence-corrected chi connectivity index (χ0v) is 101. The van der Waals surface area contributed by atoms with Gasteiger partial charge in [-0.25, -0.2) is 0 Å². The number of fused-ring (bicyclic) bond motifs is 2. The van der Waals surface area contributed by atoms with E-state index in [2.05, 4.69) is 229 Å². The van der Waals surface area contributed by atoms with Crippen LogP contribution in [-0.2, 0) is 142 Å². The van der Waals surface area contributed by atoms with Gasteiger partial charge in [0, 0.05) is 146 Å². The van der Waals surface area contributed by atoms with E-state index in [9.17, 15) is 4.79 Å². The second-order valence-electron chi connectivity index (χ2n) is 44.4. The molecule has 9 aliphatic rings. The molecule has 7 radical (unpaired) electrons. The first-order chi connectivity index (χ1) is 66.3. The molecule has 2 aliphatic carbocycles. The number of rotatable bonds is 8. The predicted octanol–water partition coefficient (Wildman–Crippen LogP) is 25.4. The molecular formula is C109H203Cu7N28O2-21. The predicted molar refractivity (Wildman–Crippen MR) is 603 cm³/mol. The third-order valence-electron chi connectivity index (χ3n) is 26.6. The summed E-state index contributed by atoms with van der Waals surface area (Å²) >= 11 is 0. The van der Waals surface area contributed by atoms with Gasteiger partial charge in [-0.15, -0.1) is 122 Å². The first-order valence-corrected chi connectivity index (χ1v) is 55.0. The maximum absolute atomic E-state index is 11.4. The largest absolute Gasteiger partial charge is 2.00 e. The summed E-state index contributed by atoms with van der Waals surface area (Å²) in [4.78, 5) is 28.2. The number of carbonyl (C=O) groups excluding carboxylic acids is 1. The Bertz CT molecular complexity index is 3000. The monoisotopic (exact) mass is 2380 g/mol. The summed E-state index contributed by atoms with van der Waals surface area (Å²) < 4.78 is 4.95. The topological polar surface area (TPSA) is 385 Å². The molecule has 0 N–H and O–H groups in total. The minimum atomic E-state index is -0.124. The molecule has 37 heteroatoms. The minimum Gasteiger partial charge on any atom is -0.665 e. The van der Waals surface area contributed by atoms with Crippen LogP contribution in [0.4, 0.5) is 0 Å². The standard InChI is InChI=1S/C26H44N8.C20H36N4.C18H34N4.2C16H32N4.C13H25N4O2.7Cu/c1-7-27-11-13-31-17-21-33(19-15-29-9-1)23-25-3-5-26(6-4-25)24-34-20-16-30-10-2-8-28-12-14-32-18-22-34;1-15-11-13-21-18-8-4-6-10-20(18)24-16(2)12-14-22-17-7-3-5-9-19(17)23-15;1-13-9-17(5,6)19-12-16(4)22-14(2)10-18(7,8)20-11-15(3)21-13;2*1-13-11-15(3,4)19-10-8-18-14(2)12-16(5,6)20-9-7-17-13;1-2-19-13(18)3-10-17-11-8-15-6-4-14-5-7-16-9-12-17;;;;;;;/h3-6H,1-2,7-24H2;15-20H,3-14H2,1-2H3;15-16H,9-12H2,1-8H3;2*13-14H,7-12H2,1-6H3;2-12H2,1H3;;;;;;;/q-6;-4;-2;2*-4;-3;;;;;;;+2/t;;;13-,14-;;;;;;;;;/m...0........./s1. The molecule has 1 aromatic carbocycles. The van der Waals surface area contributed by atoms with E-state index < -0.39 is 0 Å². The van der Waals surface area contributed by atoms with Crippen molar-refractivity contribution in [2.45, 2.75) is 400 Å².